The smallest absolute Gasteiger partial charge is 0.261 e. The number of likely N-dealkylation sites (N-methyl/N-ethyl adjacent to an activating group) is 1. The molecule has 1 rings (SSSR count). The van der Waals surface area contributed by atoms with E-state index in [2.05, 4.69) is 12.2 Å². The molecule has 3 nitrogen and oxygen atoms in total. The number of ether oxygens (including phenoxy) is 1. The van der Waals surface area contributed by atoms with Crippen LogP contribution >= 0.6 is 0 Å². The lowest BCUT2D eigenvalue weighted by Gasteiger charge is -2.16. The van der Waals surface area contributed by atoms with Gasteiger partial charge in [-0.2, -0.15) is 0 Å². The summed E-state index contributed by atoms with van der Waals surface area (Å²) in [5.41, 5.74) is 1.27. The fraction of sp³-hybridized carbons (Fsp3) is 0.500. The number of rotatable bonds is 6. The Morgan fingerprint density at radius 2 is 1.88 bits per heavy atom. The Bertz CT molecular complexity index is 346. The normalized spacial score (nSPS) is 11.9. The maximum atomic E-state index is 11.7. The molecule has 0 radical (unpaired) electrons. The first kappa shape index (κ1) is 13.6. The Morgan fingerprint density at radius 3 is 2.35 bits per heavy atom. The van der Waals surface area contributed by atoms with Crippen molar-refractivity contribution in [2.45, 2.75) is 39.7 Å². The maximum absolute atomic E-state index is 11.7. The van der Waals surface area contributed by atoms with E-state index in [1.807, 2.05) is 38.1 Å². The van der Waals surface area contributed by atoms with E-state index in [0.29, 0.717) is 13.0 Å². The second-order valence-electron chi connectivity index (χ2n) is 3.91. The first-order valence-corrected chi connectivity index (χ1v) is 6.24. The average Bonchev–Trinajstić information content (AvgIpc) is 2.37. The van der Waals surface area contributed by atoms with Crippen LogP contribution < -0.4 is 10.1 Å². The molecule has 0 aromatic heterocycles. The zero-order valence-electron chi connectivity index (χ0n) is 10.8. The summed E-state index contributed by atoms with van der Waals surface area (Å²) in [5.74, 6) is 0.704. The Hall–Kier alpha value is -1.51. The number of hydrogen-bond acceptors (Lipinski definition) is 2. The largest absolute Gasteiger partial charge is 0.481 e. The second kappa shape index (κ2) is 6.94. The van der Waals surface area contributed by atoms with E-state index >= 15 is 0 Å². The molecule has 94 valence electrons. The third-order valence-corrected chi connectivity index (χ3v) is 2.62. The van der Waals surface area contributed by atoms with E-state index in [-0.39, 0.29) is 5.91 Å². The highest BCUT2D eigenvalue weighted by Gasteiger charge is 2.16. The second-order valence-corrected chi connectivity index (χ2v) is 3.91. The Morgan fingerprint density at radius 1 is 1.24 bits per heavy atom. The summed E-state index contributed by atoms with van der Waals surface area (Å²) in [5, 5.41) is 2.78. The zero-order chi connectivity index (χ0) is 12.7. The van der Waals surface area contributed by atoms with Crippen LogP contribution in [0.25, 0.3) is 0 Å². The number of amides is 1. The predicted octanol–water partition coefficient (Wildman–Crippen LogP) is 2.54. The molecule has 1 aromatic carbocycles. The van der Waals surface area contributed by atoms with Crippen LogP contribution in [0.2, 0.25) is 0 Å². The molecule has 0 spiro atoms. The van der Waals surface area contributed by atoms with Gasteiger partial charge in [-0.3, -0.25) is 4.79 Å². The van der Waals surface area contributed by atoms with Crippen LogP contribution in [0.15, 0.2) is 24.3 Å². The van der Waals surface area contributed by atoms with Crippen molar-refractivity contribution in [2.75, 3.05) is 6.54 Å². The Labute approximate surface area is 103 Å². The number of nitrogens with one attached hydrogen (secondary N) is 1. The quantitative estimate of drug-likeness (QED) is 0.823. The SMILES string of the molecule is CCNC(=O)C(CC)Oc1ccc(CC)cc1. The molecule has 1 amide bonds. The topological polar surface area (TPSA) is 38.3 Å². The minimum absolute atomic E-state index is 0.0467. The molecule has 0 aliphatic carbocycles. The third kappa shape index (κ3) is 4.10. The molecule has 1 N–H and O–H groups in total. The molecule has 0 bridgehead atoms. The van der Waals surface area contributed by atoms with Gasteiger partial charge in [-0.15, -0.1) is 0 Å². The van der Waals surface area contributed by atoms with Crippen molar-refractivity contribution in [1.82, 2.24) is 5.32 Å². The summed E-state index contributed by atoms with van der Waals surface area (Å²) < 4.78 is 5.67. The van der Waals surface area contributed by atoms with Gasteiger partial charge in [-0.25, -0.2) is 0 Å². The van der Waals surface area contributed by atoms with Crippen molar-refractivity contribution in [3.8, 4) is 5.75 Å². The van der Waals surface area contributed by atoms with Gasteiger partial charge in [0.05, 0.1) is 0 Å². The van der Waals surface area contributed by atoms with Crippen molar-refractivity contribution in [2.24, 2.45) is 0 Å². The van der Waals surface area contributed by atoms with Gasteiger partial charge in [-0.1, -0.05) is 26.0 Å². The van der Waals surface area contributed by atoms with E-state index in [4.69, 9.17) is 4.74 Å². The molecular formula is C14H21NO2. The minimum atomic E-state index is -0.401. The van der Waals surface area contributed by atoms with E-state index in [1.165, 1.54) is 5.56 Å². The molecule has 0 aliphatic rings. The van der Waals surface area contributed by atoms with Gasteiger partial charge in [0, 0.05) is 6.54 Å². The fourth-order valence-corrected chi connectivity index (χ4v) is 1.58. The number of benzene rings is 1. The van der Waals surface area contributed by atoms with E-state index < -0.39 is 6.10 Å². The number of carbonyl (C=O) groups excluding carboxylic acids is 1. The highest BCUT2D eigenvalue weighted by Crippen LogP contribution is 2.15. The van der Waals surface area contributed by atoms with Gasteiger partial charge >= 0.3 is 0 Å². The van der Waals surface area contributed by atoms with Crippen LogP contribution in [-0.2, 0) is 11.2 Å². The van der Waals surface area contributed by atoms with Crippen molar-refractivity contribution in [1.29, 1.82) is 0 Å². The van der Waals surface area contributed by atoms with Crippen LogP contribution in [0.5, 0.6) is 5.75 Å². The summed E-state index contributed by atoms with van der Waals surface area (Å²) >= 11 is 0. The molecule has 0 saturated heterocycles. The highest BCUT2D eigenvalue weighted by molar-refractivity contribution is 5.80. The van der Waals surface area contributed by atoms with Crippen LogP contribution in [0.4, 0.5) is 0 Å². The van der Waals surface area contributed by atoms with Crippen molar-refractivity contribution in [3.63, 3.8) is 0 Å². The Kier molecular flexibility index (Phi) is 5.53. The van der Waals surface area contributed by atoms with Crippen molar-refractivity contribution >= 4 is 5.91 Å². The van der Waals surface area contributed by atoms with Gasteiger partial charge in [0.2, 0.25) is 0 Å². The number of hydrogen-bond donors (Lipinski definition) is 1. The minimum Gasteiger partial charge on any atom is -0.481 e. The molecule has 3 heteroatoms. The molecule has 17 heavy (non-hydrogen) atoms. The van der Waals surface area contributed by atoms with Crippen LogP contribution in [0.1, 0.15) is 32.8 Å². The van der Waals surface area contributed by atoms with Crippen LogP contribution in [0.3, 0.4) is 0 Å². The summed E-state index contributed by atoms with van der Waals surface area (Å²) in [6.07, 6.45) is 1.28. The fourth-order valence-electron chi connectivity index (χ4n) is 1.58. The van der Waals surface area contributed by atoms with Gasteiger partial charge in [0.15, 0.2) is 6.10 Å². The highest BCUT2D eigenvalue weighted by atomic mass is 16.5. The average molecular weight is 235 g/mol. The number of aryl methyl sites for hydroxylation is 1. The molecule has 0 fully saturated rings. The van der Waals surface area contributed by atoms with Gasteiger partial charge in [-0.05, 0) is 37.5 Å². The molecule has 1 aromatic rings. The van der Waals surface area contributed by atoms with E-state index in [9.17, 15) is 4.79 Å². The Balaban J connectivity index is 2.63. The summed E-state index contributed by atoms with van der Waals surface area (Å²) in [4.78, 5) is 11.7. The summed E-state index contributed by atoms with van der Waals surface area (Å²) in [6.45, 7) is 6.59. The zero-order valence-corrected chi connectivity index (χ0v) is 10.8. The van der Waals surface area contributed by atoms with Crippen molar-refractivity contribution < 1.29 is 9.53 Å². The van der Waals surface area contributed by atoms with Crippen molar-refractivity contribution in [3.05, 3.63) is 29.8 Å². The lowest BCUT2D eigenvalue weighted by molar-refractivity contribution is -0.128. The van der Waals surface area contributed by atoms with Crippen LogP contribution in [-0.4, -0.2) is 18.6 Å². The van der Waals surface area contributed by atoms with Gasteiger partial charge < -0.3 is 10.1 Å². The molecule has 0 saturated carbocycles. The molecule has 1 unspecified atom stereocenters. The lowest BCUT2D eigenvalue weighted by atomic mass is 10.2. The first-order valence-electron chi connectivity index (χ1n) is 6.24. The monoisotopic (exact) mass is 235 g/mol. The molecule has 1 atom stereocenters. The molecule has 0 heterocycles. The number of carbonyl (C=O) groups is 1. The van der Waals surface area contributed by atoms with Crippen LogP contribution in [0, 0.1) is 0 Å². The summed E-state index contributed by atoms with van der Waals surface area (Å²) in [6, 6.07) is 7.89. The third-order valence-electron chi connectivity index (χ3n) is 2.62. The summed E-state index contributed by atoms with van der Waals surface area (Å²) in [7, 11) is 0. The lowest BCUT2D eigenvalue weighted by Crippen LogP contribution is -2.37. The molecule has 0 aliphatic heterocycles. The molecular weight excluding hydrogens is 214 g/mol. The van der Waals surface area contributed by atoms with E-state index in [0.717, 1.165) is 12.2 Å². The standard InChI is InChI=1S/C14H21NO2/c1-4-11-7-9-12(10-8-11)17-13(5-2)14(16)15-6-3/h7-10,13H,4-6H2,1-3H3,(H,15,16). The van der Waals surface area contributed by atoms with E-state index in [1.54, 1.807) is 0 Å². The predicted molar refractivity (Wildman–Crippen MR) is 69.2 cm³/mol. The van der Waals surface area contributed by atoms with Gasteiger partial charge in [0.1, 0.15) is 5.75 Å². The maximum Gasteiger partial charge on any atom is 0.261 e. The van der Waals surface area contributed by atoms with Gasteiger partial charge in [0.25, 0.3) is 5.91 Å². The first-order chi connectivity index (χ1) is 8.21.